The first kappa shape index (κ1) is 16.9. The smallest absolute Gasteiger partial charge is 1.00 e. The van der Waals surface area contributed by atoms with Gasteiger partial charge in [0, 0.05) is 22.2 Å². The zero-order chi connectivity index (χ0) is 11.7. The van der Waals surface area contributed by atoms with Gasteiger partial charge >= 0.3 is 48.9 Å². The summed E-state index contributed by atoms with van der Waals surface area (Å²) in [5, 5.41) is 0. The minimum atomic E-state index is 0. The van der Waals surface area contributed by atoms with Crippen molar-refractivity contribution in [3.63, 3.8) is 0 Å². The molecule has 1 aromatic heterocycles. The van der Waals surface area contributed by atoms with Gasteiger partial charge in [0.05, 0.1) is 0 Å². The molecule has 0 bridgehead atoms. The van der Waals surface area contributed by atoms with Crippen molar-refractivity contribution in [2.75, 3.05) is 0 Å². The van der Waals surface area contributed by atoms with Crippen LogP contribution < -0.4 is 0 Å². The second-order valence-corrected chi connectivity index (χ2v) is 5.76. The van der Waals surface area contributed by atoms with E-state index in [1.807, 2.05) is 0 Å². The van der Waals surface area contributed by atoms with Crippen LogP contribution in [0.25, 0.3) is 0 Å². The summed E-state index contributed by atoms with van der Waals surface area (Å²) < 4.78 is 0. The van der Waals surface area contributed by atoms with E-state index >= 15 is 0 Å². The molecule has 0 aliphatic carbocycles. The third kappa shape index (κ3) is 3.67. The van der Waals surface area contributed by atoms with Crippen LogP contribution in [0.2, 0.25) is 0 Å². The van der Waals surface area contributed by atoms with Crippen LogP contribution in [-0.2, 0) is 10.8 Å². The summed E-state index contributed by atoms with van der Waals surface area (Å²) in [5.74, 6) is 0. The molecule has 0 atom stereocenters. The summed E-state index contributed by atoms with van der Waals surface area (Å²) in [4.78, 5) is 3.60. The topological polar surface area (TPSA) is 15.8 Å². The van der Waals surface area contributed by atoms with Gasteiger partial charge in [-0.2, -0.15) is 0 Å². The molecule has 0 aliphatic rings. The molecular weight excluding hydrogens is 319 g/mol. The molecule has 1 heterocycles. The van der Waals surface area contributed by atoms with E-state index in [4.69, 9.17) is 0 Å². The maximum absolute atomic E-state index is 3.60. The van der Waals surface area contributed by atoms with Crippen LogP contribution in [0.5, 0.6) is 0 Å². The van der Waals surface area contributed by atoms with E-state index in [1.165, 1.54) is 24.2 Å². The van der Waals surface area contributed by atoms with Gasteiger partial charge in [-0.15, -0.1) is 0 Å². The molecule has 0 saturated heterocycles. The van der Waals surface area contributed by atoms with Crippen molar-refractivity contribution < 1.29 is 2.85 Å². The molecule has 90 valence electrons. The zero-order valence-corrected chi connectivity index (χ0v) is 16.2. The molecule has 2 heteroatoms. The fraction of sp³-hybridized carbons (Fsp3) is 0.714. The number of hydrogen-bond donors (Lipinski definition) is 1. The van der Waals surface area contributed by atoms with Gasteiger partial charge < -0.3 is 7.84 Å². The molecule has 0 unspecified atom stereocenters. The monoisotopic (exact) mass is 347 g/mol. The van der Waals surface area contributed by atoms with Crippen LogP contribution >= 0.6 is 0 Å². The Balaban J connectivity index is -0.000000750. The Labute approximate surface area is 144 Å². The summed E-state index contributed by atoms with van der Waals surface area (Å²) in [6.07, 6.45) is 2.33. The van der Waals surface area contributed by atoms with Crippen molar-refractivity contribution in [2.45, 2.75) is 65.2 Å². The van der Waals surface area contributed by atoms with E-state index in [9.17, 15) is 0 Å². The number of aromatic nitrogens is 1. The Hall–Kier alpha value is 0.851. The predicted molar refractivity (Wildman–Crippen MR) is 75.4 cm³/mol. The predicted octanol–water partition coefficient (Wildman–Crippen LogP) is 4.23. The number of nitrogens with one attached hydrogen (secondary N) is 1. The molecule has 0 radical (unpaired) electrons. The van der Waals surface area contributed by atoms with Crippen LogP contribution in [0, 0.1) is 0 Å². The van der Waals surface area contributed by atoms with Gasteiger partial charge in [-0.1, -0.05) is 41.5 Å². The van der Waals surface area contributed by atoms with E-state index in [0.717, 1.165) is 0 Å². The Bertz CT molecular complexity index is 302. The molecule has 1 rings (SSSR count). The maximum atomic E-state index is 3.60. The largest absolute Gasteiger partial charge is 2.00 e. The summed E-state index contributed by atoms with van der Waals surface area (Å²) >= 11 is 0. The first-order valence-corrected chi connectivity index (χ1v) is 6.03. The van der Waals surface area contributed by atoms with Crippen LogP contribution in [-0.4, -0.2) is 53.9 Å². The quantitative estimate of drug-likeness (QED) is 0.785. The van der Waals surface area contributed by atoms with Gasteiger partial charge in [0.1, 0.15) is 0 Å². The molecule has 0 amide bonds. The fourth-order valence-corrected chi connectivity index (χ4v) is 1.57. The van der Waals surface area contributed by atoms with E-state index < -0.39 is 0 Å². The minimum Gasteiger partial charge on any atom is -1.00 e. The fourth-order valence-electron chi connectivity index (χ4n) is 1.57. The van der Waals surface area contributed by atoms with Crippen molar-refractivity contribution >= 4 is 48.9 Å². The Morgan fingerprint density at radius 3 is 1.50 bits per heavy atom. The standard InChI is InChI=1S/C14H25N.Ba.2H/c1-7-13(3,4)11-9-10-12(15-11)14(5,6)8-2;;;/h9-10,15H,7-8H2,1-6H3;;;/q;+2;2*-1. The van der Waals surface area contributed by atoms with Gasteiger partial charge in [0.2, 0.25) is 0 Å². The van der Waals surface area contributed by atoms with Gasteiger partial charge in [0.15, 0.2) is 0 Å². The molecule has 0 fully saturated rings. The first-order valence-electron chi connectivity index (χ1n) is 6.03. The van der Waals surface area contributed by atoms with E-state index in [2.05, 4.69) is 58.7 Å². The van der Waals surface area contributed by atoms with Crippen molar-refractivity contribution in [2.24, 2.45) is 0 Å². The van der Waals surface area contributed by atoms with Crippen molar-refractivity contribution in [3.8, 4) is 0 Å². The molecule has 1 nitrogen and oxygen atoms in total. The summed E-state index contributed by atoms with van der Waals surface area (Å²) in [5.41, 5.74) is 3.26. The first-order chi connectivity index (χ1) is 6.83. The Kier molecular flexibility index (Phi) is 6.47. The third-order valence-corrected chi connectivity index (χ3v) is 3.91. The number of rotatable bonds is 4. The summed E-state index contributed by atoms with van der Waals surface area (Å²) in [6, 6.07) is 4.49. The summed E-state index contributed by atoms with van der Waals surface area (Å²) in [7, 11) is 0. The van der Waals surface area contributed by atoms with E-state index in [0.29, 0.717) is 0 Å². The normalized spacial score (nSPS) is 12.4. The third-order valence-electron chi connectivity index (χ3n) is 3.91. The van der Waals surface area contributed by atoms with Gasteiger partial charge in [-0.3, -0.25) is 0 Å². The van der Waals surface area contributed by atoms with Crippen LogP contribution in [0.15, 0.2) is 12.1 Å². The van der Waals surface area contributed by atoms with Gasteiger partial charge in [0.25, 0.3) is 0 Å². The number of H-pyrrole nitrogens is 1. The SMILES string of the molecule is CCC(C)(C)c1ccc(C(C)(C)CC)[nH]1.[Ba+2].[H-].[H-]. The Morgan fingerprint density at radius 2 is 1.25 bits per heavy atom. The molecular formula is C14H27BaN. The molecule has 0 aromatic carbocycles. The van der Waals surface area contributed by atoms with Crippen molar-refractivity contribution in [3.05, 3.63) is 23.5 Å². The summed E-state index contributed by atoms with van der Waals surface area (Å²) in [6.45, 7) is 13.7. The van der Waals surface area contributed by atoms with Gasteiger partial charge in [-0.25, -0.2) is 0 Å². The van der Waals surface area contributed by atoms with E-state index in [-0.39, 0.29) is 62.6 Å². The maximum Gasteiger partial charge on any atom is 2.00 e. The van der Waals surface area contributed by atoms with Crippen LogP contribution in [0.3, 0.4) is 0 Å². The second-order valence-electron chi connectivity index (χ2n) is 5.76. The number of hydrogen-bond acceptors (Lipinski definition) is 0. The second kappa shape index (κ2) is 6.15. The van der Waals surface area contributed by atoms with Crippen LogP contribution in [0.4, 0.5) is 0 Å². The van der Waals surface area contributed by atoms with E-state index in [1.54, 1.807) is 0 Å². The van der Waals surface area contributed by atoms with Crippen molar-refractivity contribution in [1.82, 2.24) is 4.98 Å². The minimum absolute atomic E-state index is 0. The zero-order valence-electron chi connectivity index (χ0n) is 13.8. The molecule has 0 saturated carbocycles. The molecule has 0 aliphatic heterocycles. The van der Waals surface area contributed by atoms with Gasteiger partial charge in [-0.05, 0) is 25.0 Å². The molecule has 0 spiro atoms. The average Bonchev–Trinajstić information content (AvgIpc) is 2.67. The number of aromatic amines is 1. The molecule has 1 aromatic rings. The van der Waals surface area contributed by atoms with Crippen molar-refractivity contribution in [1.29, 1.82) is 0 Å². The molecule has 1 N–H and O–H groups in total. The molecule has 16 heavy (non-hydrogen) atoms. The van der Waals surface area contributed by atoms with Crippen LogP contribution in [0.1, 0.15) is 68.6 Å². The Morgan fingerprint density at radius 1 is 0.938 bits per heavy atom. The average molecular weight is 347 g/mol.